The molecule has 3 heterocycles. The van der Waals surface area contributed by atoms with E-state index in [1.165, 1.54) is 18.4 Å². The average molecular weight is 509 g/mol. The van der Waals surface area contributed by atoms with Crippen LogP contribution in [0.2, 0.25) is 0 Å². The SMILES string of the molecule is CCOC(=O)c1ccc(COCc2csc3nc(C(=O)NCc4ccnc(OC)c4)[nH]c(=O)c23)cc1. The molecule has 0 bridgehead atoms. The smallest absolute Gasteiger partial charge is 0.338 e. The van der Waals surface area contributed by atoms with Gasteiger partial charge in [-0.3, -0.25) is 9.59 Å². The number of benzene rings is 1. The number of hydrogen-bond acceptors (Lipinski definition) is 9. The van der Waals surface area contributed by atoms with Gasteiger partial charge in [-0.25, -0.2) is 14.8 Å². The van der Waals surface area contributed by atoms with E-state index in [9.17, 15) is 14.4 Å². The number of aromatic nitrogens is 3. The monoisotopic (exact) mass is 508 g/mol. The van der Waals surface area contributed by atoms with Crippen LogP contribution in [0, 0.1) is 0 Å². The van der Waals surface area contributed by atoms with Crippen LogP contribution in [0.15, 0.2) is 52.8 Å². The lowest BCUT2D eigenvalue weighted by atomic mass is 10.1. The van der Waals surface area contributed by atoms with Gasteiger partial charge in [0.1, 0.15) is 4.83 Å². The standard InChI is InChI=1S/C25H24N4O6S/c1-3-35-25(32)17-6-4-15(5-7-17)12-34-13-18-14-36-24-20(18)22(30)28-21(29-24)23(31)27-11-16-8-9-26-19(10-16)33-2/h4-10,14H,3,11-13H2,1-2H3,(H,27,31)(H,28,29,30). The van der Waals surface area contributed by atoms with E-state index in [4.69, 9.17) is 14.2 Å². The molecule has 0 aliphatic carbocycles. The minimum absolute atomic E-state index is 0.0653. The Hall–Kier alpha value is -4.09. The number of thiophene rings is 1. The summed E-state index contributed by atoms with van der Waals surface area (Å²) >= 11 is 1.27. The van der Waals surface area contributed by atoms with Crippen molar-refractivity contribution in [2.24, 2.45) is 0 Å². The quantitative estimate of drug-likeness (QED) is 0.312. The van der Waals surface area contributed by atoms with Crippen LogP contribution in [-0.2, 0) is 29.2 Å². The Bertz CT molecular complexity index is 1430. The van der Waals surface area contributed by atoms with Gasteiger partial charge in [0.25, 0.3) is 11.5 Å². The van der Waals surface area contributed by atoms with Crippen molar-refractivity contribution in [2.45, 2.75) is 26.7 Å². The van der Waals surface area contributed by atoms with Crippen molar-refractivity contribution in [3.05, 3.63) is 86.4 Å². The molecule has 36 heavy (non-hydrogen) atoms. The van der Waals surface area contributed by atoms with Gasteiger partial charge in [0.15, 0.2) is 0 Å². The molecule has 186 valence electrons. The number of aromatic amines is 1. The van der Waals surface area contributed by atoms with E-state index in [1.54, 1.807) is 54.9 Å². The number of H-pyrrole nitrogens is 1. The first-order valence-corrected chi connectivity index (χ1v) is 12.0. The summed E-state index contributed by atoms with van der Waals surface area (Å²) in [5, 5.41) is 4.92. The third-order valence-electron chi connectivity index (χ3n) is 5.19. The molecule has 0 saturated heterocycles. The number of nitrogens with one attached hydrogen (secondary N) is 2. The number of ether oxygens (including phenoxy) is 3. The number of nitrogens with zero attached hydrogens (tertiary/aromatic N) is 2. The Morgan fingerprint density at radius 2 is 1.92 bits per heavy atom. The molecule has 10 nitrogen and oxygen atoms in total. The Morgan fingerprint density at radius 3 is 2.67 bits per heavy atom. The fourth-order valence-electron chi connectivity index (χ4n) is 3.39. The topological polar surface area (TPSA) is 132 Å². The lowest BCUT2D eigenvalue weighted by Gasteiger charge is -2.07. The first kappa shape index (κ1) is 25.0. The average Bonchev–Trinajstić information content (AvgIpc) is 3.31. The van der Waals surface area contributed by atoms with Crippen LogP contribution in [0.4, 0.5) is 0 Å². The second kappa shape index (κ2) is 11.6. The van der Waals surface area contributed by atoms with Gasteiger partial charge in [-0.2, -0.15) is 0 Å². The zero-order valence-electron chi connectivity index (χ0n) is 19.7. The van der Waals surface area contributed by atoms with Crippen LogP contribution < -0.4 is 15.6 Å². The molecule has 1 amide bonds. The third kappa shape index (κ3) is 5.93. The van der Waals surface area contributed by atoms with Crippen LogP contribution in [0.1, 0.15) is 44.6 Å². The molecule has 0 unspecified atom stereocenters. The number of carbonyl (C=O) groups is 2. The molecule has 1 aromatic carbocycles. The molecule has 11 heteroatoms. The summed E-state index contributed by atoms with van der Waals surface area (Å²) in [5.74, 6) is -0.490. The molecule has 0 fully saturated rings. The van der Waals surface area contributed by atoms with Gasteiger partial charge in [0.2, 0.25) is 11.7 Å². The molecule has 0 spiro atoms. The minimum atomic E-state index is -0.498. The van der Waals surface area contributed by atoms with Gasteiger partial charge >= 0.3 is 5.97 Å². The zero-order chi connectivity index (χ0) is 25.5. The van der Waals surface area contributed by atoms with Crippen LogP contribution in [-0.4, -0.2) is 40.5 Å². The van der Waals surface area contributed by atoms with Crippen molar-refractivity contribution in [3.8, 4) is 5.88 Å². The van der Waals surface area contributed by atoms with Crippen LogP contribution in [0.5, 0.6) is 5.88 Å². The number of hydrogen-bond donors (Lipinski definition) is 2. The number of methoxy groups -OCH3 is 1. The van der Waals surface area contributed by atoms with Crippen molar-refractivity contribution in [1.29, 1.82) is 0 Å². The van der Waals surface area contributed by atoms with Gasteiger partial charge in [-0.05, 0) is 41.6 Å². The lowest BCUT2D eigenvalue weighted by molar-refractivity contribution is 0.0526. The summed E-state index contributed by atoms with van der Waals surface area (Å²) in [4.78, 5) is 48.4. The van der Waals surface area contributed by atoms with Gasteiger partial charge in [-0.15, -0.1) is 11.3 Å². The molecule has 4 aromatic rings. The summed E-state index contributed by atoms with van der Waals surface area (Å²) in [7, 11) is 1.51. The summed E-state index contributed by atoms with van der Waals surface area (Å²) in [6.45, 7) is 2.79. The highest BCUT2D eigenvalue weighted by atomic mass is 32.1. The van der Waals surface area contributed by atoms with Gasteiger partial charge in [0, 0.05) is 24.4 Å². The first-order chi connectivity index (χ1) is 17.5. The molecule has 3 aromatic heterocycles. The molecular formula is C25H24N4O6S. The maximum Gasteiger partial charge on any atom is 0.338 e. The summed E-state index contributed by atoms with van der Waals surface area (Å²) in [6, 6.07) is 10.4. The Balaban J connectivity index is 1.37. The normalized spacial score (nSPS) is 10.8. The van der Waals surface area contributed by atoms with Crippen molar-refractivity contribution >= 4 is 33.4 Å². The fourth-order valence-corrected chi connectivity index (χ4v) is 4.31. The number of carbonyl (C=O) groups excluding carboxylic acids is 2. The molecule has 0 saturated carbocycles. The van der Waals surface area contributed by atoms with E-state index in [0.717, 1.165) is 11.1 Å². The van der Waals surface area contributed by atoms with Gasteiger partial charge < -0.3 is 24.5 Å². The molecule has 2 N–H and O–H groups in total. The highest BCUT2D eigenvalue weighted by Crippen LogP contribution is 2.22. The predicted octanol–water partition coefficient (Wildman–Crippen LogP) is 3.21. The van der Waals surface area contributed by atoms with Crippen LogP contribution >= 0.6 is 11.3 Å². The highest BCUT2D eigenvalue weighted by Gasteiger charge is 2.16. The lowest BCUT2D eigenvalue weighted by Crippen LogP contribution is -2.27. The Labute approximate surface area is 210 Å². The van der Waals surface area contributed by atoms with E-state index >= 15 is 0 Å². The first-order valence-electron chi connectivity index (χ1n) is 11.1. The highest BCUT2D eigenvalue weighted by molar-refractivity contribution is 7.16. The van der Waals surface area contributed by atoms with E-state index in [0.29, 0.717) is 40.4 Å². The molecule has 0 radical (unpaired) electrons. The third-order valence-corrected chi connectivity index (χ3v) is 6.11. The number of esters is 1. The van der Waals surface area contributed by atoms with Crippen molar-refractivity contribution < 1.29 is 23.8 Å². The van der Waals surface area contributed by atoms with E-state index in [2.05, 4.69) is 20.3 Å². The molecule has 0 atom stereocenters. The minimum Gasteiger partial charge on any atom is -0.481 e. The fraction of sp³-hybridized carbons (Fsp3) is 0.240. The largest absolute Gasteiger partial charge is 0.481 e. The molecular weight excluding hydrogens is 484 g/mol. The van der Waals surface area contributed by atoms with Gasteiger partial charge in [-0.1, -0.05) is 12.1 Å². The van der Waals surface area contributed by atoms with Gasteiger partial charge in [0.05, 0.1) is 37.9 Å². The summed E-state index contributed by atoms with van der Waals surface area (Å²) in [6.07, 6.45) is 1.58. The maximum absolute atomic E-state index is 12.7. The van der Waals surface area contributed by atoms with Crippen molar-refractivity contribution in [3.63, 3.8) is 0 Å². The number of rotatable bonds is 10. The van der Waals surface area contributed by atoms with Crippen LogP contribution in [0.3, 0.4) is 0 Å². The molecule has 4 rings (SSSR count). The van der Waals surface area contributed by atoms with E-state index in [-0.39, 0.29) is 24.9 Å². The Kier molecular flexibility index (Phi) is 8.03. The van der Waals surface area contributed by atoms with E-state index in [1.807, 2.05) is 0 Å². The second-order valence-corrected chi connectivity index (χ2v) is 8.51. The second-order valence-electron chi connectivity index (χ2n) is 7.65. The molecule has 0 aliphatic heterocycles. The number of amides is 1. The van der Waals surface area contributed by atoms with Crippen molar-refractivity contribution in [2.75, 3.05) is 13.7 Å². The molecule has 0 aliphatic rings. The summed E-state index contributed by atoms with van der Waals surface area (Å²) < 4.78 is 15.8. The summed E-state index contributed by atoms with van der Waals surface area (Å²) in [5.41, 5.74) is 2.42. The predicted molar refractivity (Wildman–Crippen MR) is 133 cm³/mol. The Morgan fingerprint density at radius 1 is 1.11 bits per heavy atom. The zero-order valence-corrected chi connectivity index (χ0v) is 20.5. The number of pyridine rings is 1. The van der Waals surface area contributed by atoms with Crippen molar-refractivity contribution in [1.82, 2.24) is 20.3 Å². The number of fused-ring (bicyclic) bond motifs is 1. The van der Waals surface area contributed by atoms with Crippen LogP contribution in [0.25, 0.3) is 10.2 Å². The van der Waals surface area contributed by atoms with E-state index < -0.39 is 11.5 Å². The maximum atomic E-state index is 12.7.